The standard InChI is InChI=1S/C11H20O4/c1-4-11(9(2)3)14-7-10(8-15-11)12-5-6-13-10/h9H,4-8H2,1-3H3. The molecule has 2 saturated heterocycles. The van der Waals surface area contributed by atoms with Crippen molar-refractivity contribution in [2.45, 2.75) is 38.8 Å². The number of hydrogen-bond donors (Lipinski definition) is 0. The van der Waals surface area contributed by atoms with Gasteiger partial charge in [-0.05, 0) is 6.42 Å². The van der Waals surface area contributed by atoms with Crippen LogP contribution >= 0.6 is 0 Å². The average Bonchev–Trinajstić information content (AvgIpc) is 2.68. The van der Waals surface area contributed by atoms with Crippen LogP contribution in [0.1, 0.15) is 27.2 Å². The van der Waals surface area contributed by atoms with Crippen molar-refractivity contribution in [3.8, 4) is 0 Å². The van der Waals surface area contributed by atoms with E-state index in [9.17, 15) is 0 Å². The van der Waals surface area contributed by atoms with Gasteiger partial charge in [-0.1, -0.05) is 20.8 Å². The summed E-state index contributed by atoms with van der Waals surface area (Å²) in [6.07, 6.45) is 0.848. The van der Waals surface area contributed by atoms with E-state index in [1.807, 2.05) is 0 Å². The van der Waals surface area contributed by atoms with Gasteiger partial charge in [0.25, 0.3) is 0 Å². The van der Waals surface area contributed by atoms with Crippen LogP contribution in [0.15, 0.2) is 0 Å². The summed E-state index contributed by atoms with van der Waals surface area (Å²) in [7, 11) is 0. The van der Waals surface area contributed by atoms with Gasteiger partial charge in [0.15, 0.2) is 5.79 Å². The van der Waals surface area contributed by atoms with Crippen LogP contribution < -0.4 is 0 Å². The molecular weight excluding hydrogens is 196 g/mol. The third-order valence-corrected chi connectivity index (χ3v) is 3.26. The zero-order valence-electron chi connectivity index (χ0n) is 9.75. The summed E-state index contributed by atoms with van der Waals surface area (Å²) in [6, 6.07) is 0. The van der Waals surface area contributed by atoms with Gasteiger partial charge < -0.3 is 18.9 Å². The summed E-state index contributed by atoms with van der Waals surface area (Å²) in [5, 5.41) is 0. The Balaban J connectivity index is 2.01. The Morgan fingerprint density at radius 3 is 1.93 bits per heavy atom. The van der Waals surface area contributed by atoms with E-state index in [0.717, 1.165) is 6.42 Å². The molecule has 0 amide bonds. The smallest absolute Gasteiger partial charge is 0.216 e. The van der Waals surface area contributed by atoms with Crippen molar-refractivity contribution in [1.29, 1.82) is 0 Å². The normalized spacial score (nSPS) is 28.8. The Morgan fingerprint density at radius 2 is 1.53 bits per heavy atom. The molecule has 0 atom stereocenters. The van der Waals surface area contributed by atoms with Gasteiger partial charge in [-0.15, -0.1) is 0 Å². The van der Waals surface area contributed by atoms with Crippen molar-refractivity contribution < 1.29 is 18.9 Å². The minimum absolute atomic E-state index is 0.334. The van der Waals surface area contributed by atoms with Crippen molar-refractivity contribution in [3.05, 3.63) is 0 Å². The summed E-state index contributed by atoms with van der Waals surface area (Å²) in [5.74, 6) is -0.755. The van der Waals surface area contributed by atoms with Crippen LogP contribution in [0.3, 0.4) is 0 Å². The molecule has 0 aromatic heterocycles. The van der Waals surface area contributed by atoms with Crippen LogP contribution in [0.4, 0.5) is 0 Å². The van der Waals surface area contributed by atoms with E-state index >= 15 is 0 Å². The van der Waals surface area contributed by atoms with Crippen molar-refractivity contribution >= 4 is 0 Å². The highest BCUT2D eigenvalue weighted by Crippen LogP contribution is 2.36. The Bertz CT molecular complexity index is 211. The largest absolute Gasteiger partial charge is 0.344 e. The molecule has 0 radical (unpaired) electrons. The van der Waals surface area contributed by atoms with Gasteiger partial charge >= 0.3 is 0 Å². The second-order valence-corrected chi connectivity index (χ2v) is 4.51. The van der Waals surface area contributed by atoms with Crippen LogP contribution in [0.25, 0.3) is 0 Å². The molecule has 2 fully saturated rings. The lowest BCUT2D eigenvalue weighted by atomic mass is 9.98. The molecule has 4 heteroatoms. The minimum atomic E-state index is -0.631. The van der Waals surface area contributed by atoms with Crippen molar-refractivity contribution in [2.75, 3.05) is 26.4 Å². The first-order chi connectivity index (χ1) is 7.13. The van der Waals surface area contributed by atoms with Crippen LogP contribution in [-0.2, 0) is 18.9 Å². The second-order valence-electron chi connectivity index (χ2n) is 4.51. The molecule has 88 valence electrons. The monoisotopic (exact) mass is 216 g/mol. The predicted octanol–water partition coefficient (Wildman–Crippen LogP) is 1.54. The lowest BCUT2D eigenvalue weighted by molar-refractivity contribution is -0.374. The molecule has 15 heavy (non-hydrogen) atoms. The maximum absolute atomic E-state index is 5.84. The predicted molar refractivity (Wildman–Crippen MR) is 54.4 cm³/mol. The van der Waals surface area contributed by atoms with E-state index in [1.165, 1.54) is 0 Å². The summed E-state index contributed by atoms with van der Waals surface area (Å²) in [5.41, 5.74) is 0. The Labute approximate surface area is 90.8 Å². The molecule has 0 aliphatic carbocycles. The Kier molecular flexibility index (Phi) is 3.03. The van der Waals surface area contributed by atoms with Gasteiger partial charge in [0.05, 0.1) is 13.2 Å². The van der Waals surface area contributed by atoms with Crippen molar-refractivity contribution in [3.63, 3.8) is 0 Å². The van der Waals surface area contributed by atoms with Crippen LogP contribution in [0.5, 0.6) is 0 Å². The van der Waals surface area contributed by atoms with Gasteiger partial charge in [0.1, 0.15) is 13.2 Å². The highest BCUT2D eigenvalue weighted by atomic mass is 16.8. The fourth-order valence-electron chi connectivity index (χ4n) is 2.16. The zero-order chi connectivity index (χ0) is 10.9. The number of hydrogen-bond acceptors (Lipinski definition) is 4. The van der Waals surface area contributed by atoms with E-state index < -0.39 is 11.6 Å². The van der Waals surface area contributed by atoms with Crippen LogP contribution in [-0.4, -0.2) is 38.0 Å². The van der Waals surface area contributed by atoms with Crippen LogP contribution in [0.2, 0.25) is 0 Å². The Morgan fingerprint density at radius 1 is 1.00 bits per heavy atom. The van der Waals surface area contributed by atoms with E-state index in [-0.39, 0.29) is 0 Å². The first-order valence-electron chi connectivity index (χ1n) is 5.68. The van der Waals surface area contributed by atoms with Gasteiger partial charge in [0.2, 0.25) is 5.79 Å². The Hall–Kier alpha value is -0.160. The summed E-state index contributed by atoms with van der Waals surface area (Å²) < 4.78 is 22.7. The van der Waals surface area contributed by atoms with E-state index in [4.69, 9.17) is 18.9 Å². The maximum atomic E-state index is 5.84. The molecule has 0 aromatic rings. The lowest BCUT2D eigenvalue weighted by Gasteiger charge is -2.45. The molecule has 2 aliphatic heterocycles. The molecule has 0 N–H and O–H groups in total. The lowest BCUT2D eigenvalue weighted by Crippen LogP contribution is -2.56. The average molecular weight is 216 g/mol. The molecule has 2 aliphatic rings. The third kappa shape index (κ3) is 1.91. The van der Waals surface area contributed by atoms with Crippen LogP contribution in [0, 0.1) is 5.92 Å². The molecule has 0 bridgehead atoms. The quantitative estimate of drug-likeness (QED) is 0.701. The number of ether oxygens (including phenoxy) is 4. The fourth-order valence-corrected chi connectivity index (χ4v) is 2.16. The SMILES string of the molecule is CCC1(C(C)C)OCC2(CO1)OCCO2. The second kappa shape index (κ2) is 4.01. The molecule has 0 saturated carbocycles. The molecule has 0 unspecified atom stereocenters. The molecule has 0 aromatic carbocycles. The maximum Gasteiger partial charge on any atom is 0.216 e. The van der Waals surface area contributed by atoms with Gasteiger partial charge in [-0.3, -0.25) is 0 Å². The molecule has 1 spiro atoms. The third-order valence-electron chi connectivity index (χ3n) is 3.26. The van der Waals surface area contributed by atoms with Crippen molar-refractivity contribution in [1.82, 2.24) is 0 Å². The zero-order valence-corrected chi connectivity index (χ0v) is 9.75. The van der Waals surface area contributed by atoms with Gasteiger partial charge in [-0.2, -0.15) is 0 Å². The minimum Gasteiger partial charge on any atom is -0.344 e. The molecule has 4 nitrogen and oxygen atoms in total. The van der Waals surface area contributed by atoms with E-state index in [2.05, 4.69) is 20.8 Å². The summed E-state index contributed by atoms with van der Waals surface area (Å²) in [6.45, 7) is 8.50. The highest BCUT2D eigenvalue weighted by Gasteiger charge is 2.48. The van der Waals surface area contributed by atoms with Gasteiger partial charge in [0, 0.05) is 5.92 Å². The van der Waals surface area contributed by atoms with E-state index in [0.29, 0.717) is 32.3 Å². The molecule has 2 heterocycles. The topological polar surface area (TPSA) is 36.9 Å². The number of rotatable bonds is 2. The highest BCUT2D eigenvalue weighted by molar-refractivity contribution is 4.84. The molecule has 2 rings (SSSR count). The summed E-state index contributed by atoms with van der Waals surface area (Å²) in [4.78, 5) is 0. The summed E-state index contributed by atoms with van der Waals surface area (Å²) >= 11 is 0. The fraction of sp³-hybridized carbons (Fsp3) is 1.00. The first-order valence-corrected chi connectivity index (χ1v) is 5.68. The van der Waals surface area contributed by atoms with Gasteiger partial charge in [-0.25, -0.2) is 0 Å². The first kappa shape index (κ1) is 11.3. The van der Waals surface area contributed by atoms with E-state index in [1.54, 1.807) is 0 Å². The van der Waals surface area contributed by atoms with Crippen molar-refractivity contribution in [2.24, 2.45) is 5.92 Å². The molecular formula is C11H20O4.